The first-order valence-corrected chi connectivity index (χ1v) is 4.60. The highest BCUT2D eigenvalue weighted by atomic mass is 15.4. The fraction of sp³-hybridized carbons (Fsp3) is 1.00. The lowest BCUT2D eigenvalue weighted by atomic mass is 9.86. The molecule has 3 N–H and O–H groups in total. The molecule has 0 saturated carbocycles. The Kier molecular flexibility index (Phi) is 2.11. The molecule has 3 nitrogen and oxygen atoms in total. The molecule has 0 bridgehead atoms. The summed E-state index contributed by atoms with van der Waals surface area (Å²) in [7, 11) is 0. The molecule has 64 valence electrons. The van der Waals surface area contributed by atoms with E-state index in [1.807, 2.05) is 0 Å². The number of hydrogen-bond acceptors (Lipinski definition) is 3. The number of fused-ring (bicyclic) bond motifs is 1. The third-order valence-corrected chi connectivity index (χ3v) is 2.98. The number of nitrogens with zero attached hydrogens (tertiary/aromatic N) is 1. The van der Waals surface area contributed by atoms with Crippen LogP contribution in [0.5, 0.6) is 0 Å². The van der Waals surface area contributed by atoms with Gasteiger partial charge < -0.3 is 5.32 Å². The van der Waals surface area contributed by atoms with Crippen LogP contribution in [-0.4, -0.2) is 30.7 Å². The van der Waals surface area contributed by atoms with Crippen LogP contribution >= 0.6 is 0 Å². The van der Waals surface area contributed by atoms with E-state index >= 15 is 0 Å². The first-order valence-electron chi connectivity index (χ1n) is 4.60. The molecule has 3 heteroatoms. The summed E-state index contributed by atoms with van der Waals surface area (Å²) in [6, 6.07) is 0.671. The first kappa shape index (κ1) is 7.53. The number of nitrogens with one attached hydrogen (secondary N) is 1. The van der Waals surface area contributed by atoms with Crippen LogP contribution in [0, 0.1) is 5.92 Å². The van der Waals surface area contributed by atoms with Gasteiger partial charge in [-0.3, -0.25) is 5.84 Å². The van der Waals surface area contributed by atoms with Crippen molar-refractivity contribution in [1.82, 2.24) is 10.3 Å². The van der Waals surface area contributed by atoms with Crippen LogP contribution in [0.2, 0.25) is 0 Å². The Morgan fingerprint density at radius 2 is 2.27 bits per heavy atom. The predicted molar refractivity (Wildman–Crippen MR) is 44.9 cm³/mol. The van der Waals surface area contributed by atoms with Crippen LogP contribution in [0.1, 0.15) is 19.3 Å². The molecule has 2 aliphatic rings. The van der Waals surface area contributed by atoms with Gasteiger partial charge in [-0.15, -0.1) is 0 Å². The number of hydrogen-bond donors (Lipinski definition) is 2. The Balaban J connectivity index is 1.99. The van der Waals surface area contributed by atoms with Crippen molar-refractivity contribution in [3.63, 3.8) is 0 Å². The normalized spacial score (nSPS) is 40.1. The largest absolute Gasteiger partial charge is 0.316 e. The molecule has 2 atom stereocenters. The topological polar surface area (TPSA) is 41.3 Å². The lowest BCUT2D eigenvalue weighted by Gasteiger charge is -2.41. The van der Waals surface area contributed by atoms with E-state index < -0.39 is 0 Å². The van der Waals surface area contributed by atoms with Gasteiger partial charge in [0.15, 0.2) is 0 Å². The highest BCUT2D eigenvalue weighted by molar-refractivity contribution is 4.86. The van der Waals surface area contributed by atoms with Crippen molar-refractivity contribution in [2.75, 3.05) is 19.6 Å². The molecule has 2 heterocycles. The molecule has 2 unspecified atom stereocenters. The Labute approximate surface area is 67.9 Å². The van der Waals surface area contributed by atoms with E-state index in [4.69, 9.17) is 5.84 Å². The molecular formula is C8H17N3. The minimum Gasteiger partial charge on any atom is -0.316 e. The Bertz CT molecular complexity index is 135. The van der Waals surface area contributed by atoms with Gasteiger partial charge in [0, 0.05) is 12.6 Å². The van der Waals surface area contributed by atoms with E-state index in [9.17, 15) is 0 Å². The van der Waals surface area contributed by atoms with E-state index in [1.165, 1.54) is 25.8 Å². The van der Waals surface area contributed by atoms with Gasteiger partial charge in [-0.1, -0.05) is 0 Å². The summed E-state index contributed by atoms with van der Waals surface area (Å²) < 4.78 is 0. The van der Waals surface area contributed by atoms with E-state index in [2.05, 4.69) is 10.3 Å². The van der Waals surface area contributed by atoms with Crippen molar-refractivity contribution in [3.8, 4) is 0 Å². The van der Waals surface area contributed by atoms with Crippen molar-refractivity contribution in [2.45, 2.75) is 25.3 Å². The first-order chi connectivity index (χ1) is 5.38. The number of rotatable bonds is 0. The van der Waals surface area contributed by atoms with E-state index in [0.29, 0.717) is 6.04 Å². The average Bonchev–Trinajstić information content (AvgIpc) is 2.06. The zero-order valence-corrected chi connectivity index (χ0v) is 6.92. The summed E-state index contributed by atoms with van der Waals surface area (Å²) in [5.74, 6) is 6.72. The van der Waals surface area contributed by atoms with Crippen molar-refractivity contribution in [2.24, 2.45) is 11.8 Å². The quantitative estimate of drug-likeness (QED) is 0.481. The lowest BCUT2D eigenvalue weighted by Crippen LogP contribution is -2.55. The van der Waals surface area contributed by atoms with Crippen LogP contribution in [0.25, 0.3) is 0 Å². The summed E-state index contributed by atoms with van der Waals surface area (Å²) in [6.45, 7) is 3.43. The van der Waals surface area contributed by atoms with Crippen LogP contribution in [0.3, 0.4) is 0 Å². The molecule has 0 aliphatic carbocycles. The molecule has 0 amide bonds. The van der Waals surface area contributed by atoms with Crippen molar-refractivity contribution in [3.05, 3.63) is 0 Å². The number of piperidine rings is 2. The molecule has 2 fully saturated rings. The van der Waals surface area contributed by atoms with Crippen LogP contribution in [0.4, 0.5) is 0 Å². The molecule has 2 rings (SSSR count). The van der Waals surface area contributed by atoms with Gasteiger partial charge in [0.05, 0.1) is 0 Å². The van der Waals surface area contributed by atoms with Gasteiger partial charge in [-0.05, 0) is 38.3 Å². The minimum absolute atomic E-state index is 0.671. The molecule has 0 spiro atoms. The highest BCUT2D eigenvalue weighted by Gasteiger charge is 2.31. The second kappa shape index (κ2) is 3.09. The van der Waals surface area contributed by atoms with Gasteiger partial charge in [0.1, 0.15) is 0 Å². The van der Waals surface area contributed by atoms with E-state index in [-0.39, 0.29) is 0 Å². The fourth-order valence-corrected chi connectivity index (χ4v) is 2.34. The number of hydrazine groups is 1. The third-order valence-electron chi connectivity index (χ3n) is 2.98. The van der Waals surface area contributed by atoms with Gasteiger partial charge in [-0.25, -0.2) is 5.01 Å². The lowest BCUT2D eigenvalue weighted by molar-refractivity contribution is 0.0695. The van der Waals surface area contributed by atoms with Crippen molar-refractivity contribution in [1.29, 1.82) is 0 Å². The smallest absolute Gasteiger partial charge is 0.0293 e. The average molecular weight is 155 g/mol. The Morgan fingerprint density at radius 1 is 1.36 bits per heavy atom. The van der Waals surface area contributed by atoms with Crippen LogP contribution in [-0.2, 0) is 0 Å². The third kappa shape index (κ3) is 1.41. The second-order valence-electron chi connectivity index (χ2n) is 3.70. The molecule has 0 aromatic rings. The molecule has 11 heavy (non-hydrogen) atoms. The fourth-order valence-electron chi connectivity index (χ4n) is 2.34. The zero-order valence-electron chi connectivity index (χ0n) is 6.92. The summed E-state index contributed by atoms with van der Waals surface area (Å²) in [5.41, 5.74) is 0. The number of nitrogens with two attached hydrogens (primary N) is 1. The maximum Gasteiger partial charge on any atom is 0.0293 e. The van der Waals surface area contributed by atoms with Crippen molar-refractivity contribution < 1.29 is 0 Å². The van der Waals surface area contributed by atoms with Gasteiger partial charge in [-0.2, -0.15) is 0 Å². The molecule has 0 radical (unpaired) electrons. The van der Waals surface area contributed by atoms with Gasteiger partial charge >= 0.3 is 0 Å². The molecule has 0 aromatic heterocycles. The monoisotopic (exact) mass is 155 g/mol. The summed E-state index contributed by atoms with van der Waals surface area (Å²) in [5, 5.41) is 5.47. The van der Waals surface area contributed by atoms with Gasteiger partial charge in [0.25, 0.3) is 0 Å². The molecule has 2 aliphatic heterocycles. The summed E-state index contributed by atoms with van der Waals surface area (Å²) in [6.07, 6.45) is 3.88. The summed E-state index contributed by atoms with van der Waals surface area (Å²) in [4.78, 5) is 0. The standard InChI is InChI=1S/C8H17N3/c9-11-5-1-2-7-6-10-4-3-8(7)11/h7-8,10H,1-6,9H2. The minimum atomic E-state index is 0.671. The maximum absolute atomic E-state index is 5.89. The highest BCUT2D eigenvalue weighted by Crippen LogP contribution is 2.24. The van der Waals surface area contributed by atoms with Crippen molar-refractivity contribution >= 4 is 0 Å². The second-order valence-corrected chi connectivity index (χ2v) is 3.70. The molecular weight excluding hydrogens is 138 g/mol. The Morgan fingerprint density at radius 3 is 3.09 bits per heavy atom. The van der Waals surface area contributed by atoms with E-state index in [1.54, 1.807) is 0 Å². The predicted octanol–water partition coefficient (Wildman–Crippen LogP) is -0.0660. The molecule has 0 aromatic carbocycles. The summed E-state index contributed by atoms with van der Waals surface area (Å²) >= 11 is 0. The SMILES string of the molecule is NN1CCCC2CNCCC21. The van der Waals surface area contributed by atoms with Crippen LogP contribution < -0.4 is 11.2 Å². The maximum atomic E-state index is 5.89. The zero-order chi connectivity index (χ0) is 7.68. The van der Waals surface area contributed by atoms with Crippen LogP contribution in [0.15, 0.2) is 0 Å². The van der Waals surface area contributed by atoms with Gasteiger partial charge in [0.2, 0.25) is 0 Å². The Hall–Kier alpha value is -0.120. The van der Waals surface area contributed by atoms with E-state index in [0.717, 1.165) is 19.0 Å². The molecule has 2 saturated heterocycles.